The summed E-state index contributed by atoms with van der Waals surface area (Å²) in [4.78, 5) is 12.0. The molecule has 1 saturated heterocycles. The molecule has 2 N–H and O–H groups in total. The van der Waals surface area contributed by atoms with Gasteiger partial charge in [0.05, 0.1) is 5.69 Å². The number of nitrogens with one attached hydrogen (secondary N) is 2. The summed E-state index contributed by atoms with van der Waals surface area (Å²) in [5.74, 6) is 0.500. The van der Waals surface area contributed by atoms with Crippen LogP contribution in [0.3, 0.4) is 0 Å². The highest BCUT2D eigenvalue weighted by molar-refractivity contribution is 5.94. The summed E-state index contributed by atoms with van der Waals surface area (Å²) in [6.45, 7) is 2.75. The zero-order valence-electron chi connectivity index (χ0n) is 11.0. The number of carbonyl (C=O) groups is 1. The average Bonchev–Trinajstić information content (AvgIpc) is 3.18. The van der Waals surface area contributed by atoms with Crippen molar-refractivity contribution in [1.82, 2.24) is 30.8 Å². The van der Waals surface area contributed by atoms with Crippen molar-refractivity contribution in [1.29, 1.82) is 0 Å². The van der Waals surface area contributed by atoms with E-state index in [4.69, 9.17) is 0 Å². The number of tetrazole rings is 1. The molecule has 0 spiro atoms. The number of hydrogen-bond acceptors (Lipinski definition) is 5. The van der Waals surface area contributed by atoms with Crippen molar-refractivity contribution in [2.45, 2.75) is 6.42 Å². The Hall–Kier alpha value is -2.28. The van der Waals surface area contributed by atoms with E-state index in [0.29, 0.717) is 11.5 Å². The fourth-order valence-corrected chi connectivity index (χ4v) is 2.27. The van der Waals surface area contributed by atoms with E-state index in [2.05, 4.69) is 26.2 Å². The standard InChI is InChI=1S/C13H16N6O/c20-13(15-8-10-5-6-14-7-10)11-1-3-12(4-2-11)19-9-16-17-18-19/h1-4,9-10,14H,5-8H2,(H,15,20). The monoisotopic (exact) mass is 272 g/mol. The van der Waals surface area contributed by atoms with Crippen LogP contribution in [0.5, 0.6) is 0 Å². The Labute approximate surface area is 116 Å². The van der Waals surface area contributed by atoms with Crippen molar-refractivity contribution < 1.29 is 4.79 Å². The topological polar surface area (TPSA) is 84.7 Å². The molecule has 1 aromatic carbocycles. The van der Waals surface area contributed by atoms with E-state index in [0.717, 1.165) is 31.7 Å². The van der Waals surface area contributed by atoms with Gasteiger partial charge in [-0.25, -0.2) is 4.68 Å². The average molecular weight is 272 g/mol. The highest BCUT2D eigenvalue weighted by Gasteiger charge is 2.15. The summed E-state index contributed by atoms with van der Waals surface area (Å²) in [6, 6.07) is 7.20. The van der Waals surface area contributed by atoms with E-state index in [1.165, 1.54) is 6.33 Å². The zero-order chi connectivity index (χ0) is 13.8. The lowest BCUT2D eigenvalue weighted by Crippen LogP contribution is -2.30. The predicted octanol–water partition coefficient (Wildman–Crippen LogP) is 0.00160. The van der Waals surface area contributed by atoms with Crippen LogP contribution in [0.15, 0.2) is 30.6 Å². The van der Waals surface area contributed by atoms with E-state index >= 15 is 0 Å². The molecule has 1 aliphatic rings. The summed E-state index contributed by atoms with van der Waals surface area (Å²) >= 11 is 0. The summed E-state index contributed by atoms with van der Waals surface area (Å²) in [5, 5.41) is 17.2. The highest BCUT2D eigenvalue weighted by atomic mass is 16.1. The molecule has 1 fully saturated rings. The summed E-state index contributed by atoms with van der Waals surface area (Å²) < 4.78 is 1.55. The Morgan fingerprint density at radius 3 is 2.90 bits per heavy atom. The minimum Gasteiger partial charge on any atom is -0.352 e. The van der Waals surface area contributed by atoms with Crippen LogP contribution in [0.4, 0.5) is 0 Å². The maximum absolute atomic E-state index is 12.0. The lowest BCUT2D eigenvalue weighted by atomic mass is 10.1. The molecule has 1 aromatic heterocycles. The molecule has 2 aromatic rings. The van der Waals surface area contributed by atoms with Crippen LogP contribution >= 0.6 is 0 Å². The molecule has 0 radical (unpaired) electrons. The Balaban J connectivity index is 1.60. The van der Waals surface area contributed by atoms with Crippen molar-refractivity contribution in [3.05, 3.63) is 36.2 Å². The Morgan fingerprint density at radius 1 is 1.40 bits per heavy atom. The molecule has 0 bridgehead atoms. The number of aromatic nitrogens is 4. The molecular weight excluding hydrogens is 256 g/mol. The van der Waals surface area contributed by atoms with Crippen LogP contribution in [0.25, 0.3) is 5.69 Å². The zero-order valence-corrected chi connectivity index (χ0v) is 11.0. The van der Waals surface area contributed by atoms with Crippen molar-refractivity contribution in [2.75, 3.05) is 19.6 Å². The lowest BCUT2D eigenvalue weighted by molar-refractivity contribution is 0.0948. The highest BCUT2D eigenvalue weighted by Crippen LogP contribution is 2.09. The van der Waals surface area contributed by atoms with E-state index < -0.39 is 0 Å². The Kier molecular flexibility index (Phi) is 3.69. The predicted molar refractivity (Wildman–Crippen MR) is 72.5 cm³/mol. The number of hydrogen-bond donors (Lipinski definition) is 2. The molecule has 1 amide bonds. The second-order valence-electron chi connectivity index (χ2n) is 4.87. The van der Waals surface area contributed by atoms with Gasteiger partial charge >= 0.3 is 0 Å². The van der Waals surface area contributed by atoms with Gasteiger partial charge in [0.2, 0.25) is 0 Å². The summed E-state index contributed by atoms with van der Waals surface area (Å²) in [5.41, 5.74) is 1.47. The van der Waals surface area contributed by atoms with Crippen molar-refractivity contribution in [2.24, 2.45) is 5.92 Å². The van der Waals surface area contributed by atoms with Crippen LogP contribution < -0.4 is 10.6 Å². The van der Waals surface area contributed by atoms with Gasteiger partial charge in [-0.05, 0) is 60.1 Å². The molecule has 104 valence electrons. The molecule has 1 unspecified atom stereocenters. The first-order chi connectivity index (χ1) is 9.83. The van der Waals surface area contributed by atoms with Gasteiger partial charge in [-0.2, -0.15) is 0 Å². The fourth-order valence-electron chi connectivity index (χ4n) is 2.27. The molecule has 1 aliphatic heterocycles. The van der Waals surface area contributed by atoms with E-state index in [1.807, 2.05) is 12.1 Å². The molecule has 0 saturated carbocycles. The fraction of sp³-hybridized carbons (Fsp3) is 0.385. The second kappa shape index (κ2) is 5.79. The van der Waals surface area contributed by atoms with Gasteiger partial charge in [0.15, 0.2) is 0 Å². The number of benzene rings is 1. The van der Waals surface area contributed by atoms with Crippen LogP contribution in [0.1, 0.15) is 16.8 Å². The molecule has 3 rings (SSSR count). The molecule has 2 heterocycles. The van der Waals surface area contributed by atoms with Gasteiger partial charge in [0.25, 0.3) is 5.91 Å². The Bertz CT molecular complexity index is 559. The van der Waals surface area contributed by atoms with Crippen LogP contribution in [-0.4, -0.2) is 45.7 Å². The van der Waals surface area contributed by atoms with Gasteiger partial charge in [-0.1, -0.05) is 0 Å². The smallest absolute Gasteiger partial charge is 0.251 e. The number of amides is 1. The largest absolute Gasteiger partial charge is 0.352 e. The SMILES string of the molecule is O=C(NCC1CCNC1)c1ccc(-n2cnnn2)cc1. The van der Waals surface area contributed by atoms with Gasteiger partial charge < -0.3 is 10.6 Å². The molecular formula is C13H16N6O. The molecule has 7 heteroatoms. The molecule has 7 nitrogen and oxygen atoms in total. The number of nitrogens with zero attached hydrogens (tertiary/aromatic N) is 4. The minimum absolute atomic E-state index is 0.0415. The van der Waals surface area contributed by atoms with Gasteiger partial charge in [-0.15, -0.1) is 5.10 Å². The van der Waals surface area contributed by atoms with Crippen molar-refractivity contribution >= 4 is 5.91 Å². The maximum atomic E-state index is 12.0. The Morgan fingerprint density at radius 2 is 2.25 bits per heavy atom. The molecule has 0 aliphatic carbocycles. The summed E-state index contributed by atoms with van der Waals surface area (Å²) in [7, 11) is 0. The van der Waals surface area contributed by atoms with Crippen molar-refractivity contribution in [3.63, 3.8) is 0 Å². The maximum Gasteiger partial charge on any atom is 0.251 e. The van der Waals surface area contributed by atoms with Crippen LogP contribution in [0, 0.1) is 5.92 Å². The first-order valence-electron chi connectivity index (χ1n) is 6.65. The minimum atomic E-state index is -0.0415. The van der Waals surface area contributed by atoms with E-state index in [1.54, 1.807) is 16.8 Å². The summed E-state index contributed by atoms with van der Waals surface area (Å²) in [6.07, 6.45) is 2.64. The van der Waals surface area contributed by atoms with Crippen LogP contribution in [-0.2, 0) is 0 Å². The third-order valence-electron chi connectivity index (χ3n) is 3.46. The van der Waals surface area contributed by atoms with E-state index in [9.17, 15) is 4.79 Å². The molecule has 20 heavy (non-hydrogen) atoms. The third-order valence-corrected chi connectivity index (χ3v) is 3.46. The number of rotatable bonds is 4. The van der Waals surface area contributed by atoms with Gasteiger partial charge in [-0.3, -0.25) is 4.79 Å². The molecule has 1 atom stereocenters. The lowest BCUT2D eigenvalue weighted by Gasteiger charge is -2.10. The van der Waals surface area contributed by atoms with Gasteiger partial charge in [0, 0.05) is 12.1 Å². The van der Waals surface area contributed by atoms with Gasteiger partial charge in [0.1, 0.15) is 6.33 Å². The van der Waals surface area contributed by atoms with Crippen molar-refractivity contribution in [3.8, 4) is 5.69 Å². The second-order valence-corrected chi connectivity index (χ2v) is 4.87. The quantitative estimate of drug-likeness (QED) is 0.818. The van der Waals surface area contributed by atoms with E-state index in [-0.39, 0.29) is 5.91 Å². The normalized spacial score (nSPS) is 18.1. The first kappa shape index (κ1) is 12.7. The van der Waals surface area contributed by atoms with Crippen LogP contribution in [0.2, 0.25) is 0 Å². The first-order valence-corrected chi connectivity index (χ1v) is 6.65. The number of carbonyl (C=O) groups excluding carboxylic acids is 1. The third kappa shape index (κ3) is 2.83.